The number of benzene rings is 1. The molecule has 0 spiro atoms. The lowest BCUT2D eigenvalue weighted by molar-refractivity contribution is 0.0342. The summed E-state index contributed by atoms with van der Waals surface area (Å²) in [7, 11) is -3.60. The Balaban J connectivity index is 1.97. The molecule has 1 aromatic carbocycles. The fourth-order valence-electron chi connectivity index (χ4n) is 2.33. The lowest BCUT2D eigenvalue weighted by Gasteiger charge is -2.33. The second-order valence-electron chi connectivity index (χ2n) is 4.59. The zero-order chi connectivity index (χ0) is 14.3. The third-order valence-electron chi connectivity index (χ3n) is 3.30. The Kier molecular flexibility index (Phi) is 3.23. The number of sulfonamides is 1. The number of nitrogens with two attached hydrogens (primary N) is 1. The van der Waals surface area contributed by atoms with Crippen LogP contribution in [0.2, 0.25) is 0 Å². The monoisotopic (exact) mass is 311 g/mol. The average Bonchev–Trinajstić information content (AvgIpc) is 2.72. The van der Waals surface area contributed by atoms with Crippen LogP contribution in [-0.4, -0.2) is 49.9 Å². The number of rotatable bonds is 1. The van der Waals surface area contributed by atoms with Gasteiger partial charge in [0.2, 0.25) is 0 Å². The number of nitrogens with zero attached hydrogens (tertiary/aromatic N) is 2. The molecule has 2 N–H and O–H groups in total. The van der Waals surface area contributed by atoms with E-state index in [1.54, 1.807) is 24.3 Å². The molecule has 1 atom stereocenters. The number of hydrogen-bond donors (Lipinski definition) is 1. The van der Waals surface area contributed by atoms with Crippen LogP contribution in [0.4, 0.5) is 0 Å². The predicted molar refractivity (Wildman–Crippen MR) is 78.3 cm³/mol. The van der Waals surface area contributed by atoms with Crippen molar-refractivity contribution >= 4 is 33.1 Å². The number of amidine groups is 1. The predicted octanol–water partition coefficient (Wildman–Crippen LogP) is 0.122. The molecule has 1 saturated heterocycles. The molecule has 0 bridgehead atoms. The first-order valence-corrected chi connectivity index (χ1v) is 7.94. The van der Waals surface area contributed by atoms with Crippen LogP contribution in [0.1, 0.15) is 5.56 Å². The van der Waals surface area contributed by atoms with E-state index in [0.29, 0.717) is 31.1 Å². The van der Waals surface area contributed by atoms with Crippen LogP contribution in [-0.2, 0) is 14.8 Å². The number of fused-ring (bicyclic) bond motifs is 1. The molecule has 3 rings (SSSR count). The van der Waals surface area contributed by atoms with Gasteiger partial charge in [0, 0.05) is 12.1 Å². The minimum atomic E-state index is -3.60. The maximum absolute atomic E-state index is 12.0. The van der Waals surface area contributed by atoms with Crippen molar-refractivity contribution in [2.45, 2.75) is 11.0 Å². The van der Waals surface area contributed by atoms with Crippen molar-refractivity contribution in [2.75, 3.05) is 19.7 Å². The molecule has 0 amide bonds. The molecule has 0 aromatic heterocycles. The van der Waals surface area contributed by atoms with Crippen molar-refractivity contribution in [3.8, 4) is 0 Å². The molecule has 1 fully saturated rings. The summed E-state index contributed by atoms with van der Waals surface area (Å²) in [5.74, 6) is 0.449. The Morgan fingerprint density at radius 2 is 2.20 bits per heavy atom. The van der Waals surface area contributed by atoms with Gasteiger partial charge < -0.3 is 15.4 Å². The topological polar surface area (TPSA) is 85.0 Å². The molecule has 106 valence electrons. The zero-order valence-corrected chi connectivity index (χ0v) is 12.2. The summed E-state index contributed by atoms with van der Waals surface area (Å²) in [4.78, 5) is 2.37. The molecule has 1 aromatic rings. The molecule has 0 radical (unpaired) electrons. The highest BCUT2D eigenvalue weighted by Crippen LogP contribution is 2.28. The van der Waals surface area contributed by atoms with Gasteiger partial charge in [-0.05, 0) is 12.1 Å². The van der Waals surface area contributed by atoms with Crippen LogP contribution in [0.3, 0.4) is 0 Å². The fourth-order valence-corrected chi connectivity index (χ4v) is 3.70. The molecule has 6 nitrogen and oxygen atoms in total. The molecule has 0 saturated carbocycles. The van der Waals surface area contributed by atoms with Gasteiger partial charge in [0.1, 0.15) is 16.0 Å². The maximum Gasteiger partial charge on any atom is 0.285 e. The smallest absolute Gasteiger partial charge is 0.285 e. The molecule has 2 aliphatic heterocycles. The largest absolute Gasteiger partial charge is 0.391 e. The third kappa shape index (κ3) is 2.19. The Morgan fingerprint density at radius 1 is 1.45 bits per heavy atom. The zero-order valence-electron chi connectivity index (χ0n) is 10.5. The summed E-state index contributed by atoms with van der Waals surface area (Å²) in [6.07, 6.45) is -0.378. The maximum atomic E-state index is 12.0. The van der Waals surface area contributed by atoms with Gasteiger partial charge in [0.15, 0.2) is 5.84 Å². The van der Waals surface area contributed by atoms with E-state index in [9.17, 15) is 8.42 Å². The minimum absolute atomic E-state index is 0.244. The first kappa shape index (κ1) is 13.5. The van der Waals surface area contributed by atoms with Crippen LogP contribution in [0.5, 0.6) is 0 Å². The van der Waals surface area contributed by atoms with Crippen molar-refractivity contribution in [3.63, 3.8) is 0 Å². The van der Waals surface area contributed by atoms with Crippen LogP contribution >= 0.6 is 12.2 Å². The normalized spacial score (nSPS) is 24.1. The highest BCUT2D eigenvalue weighted by atomic mass is 32.2. The number of morpholine rings is 1. The van der Waals surface area contributed by atoms with Gasteiger partial charge in [-0.3, -0.25) is 0 Å². The van der Waals surface area contributed by atoms with Crippen LogP contribution in [0.15, 0.2) is 33.6 Å². The van der Waals surface area contributed by atoms with Crippen molar-refractivity contribution < 1.29 is 13.2 Å². The van der Waals surface area contributed by atoms with Gasteiger partial charge in [0.05, 0.1) is 13.2 Å². The first-order valence-electron chi connectivity index (χ1n) is 6.09. The Morgan fingerprint density at radius 3 is 2.95 bits per heavy atom. The number of ether oxygens (including phenoxy) is 1. The van der Waals surface area contributed by atoms with Crippen molar-refractivity contribution in [2.24, 2.45) is 10.1 Å². The lowest BCUT2D eigenvalue weighted by atomic mass is 10.1. The van der Waals surface area contributed by atoms with Gasteiger partial charge >= 0.3 is 0 Å². The second-order valence-corrected chi connectivity index (χ2v) is 6.64. The molecule has 20 heavy (non-hydrogen) atoms. The molecule has 8 heteroatoms. The van der Waals surface area contributed by atoms with E-state index in [-0.39, 0.29) is 16.0 Å². The molecule has 1 unspecified atom stereocenters. The summed E-state index contributed by atoms with van der Waals surface area (Å²) in [5, 5.41) is 0. The van der Waals surface area contributed by atoms with E-state index >= 15 is 0 Å². The van der Waals surface area contributed by atoms with Gasteiger partial charge in [-0.2, -0.15) is 8.42 Å². The SMILES string of the molecule is NC(=S)C1CN(C2=NS(=O)(=O)c3ccccc32)CCO1. The highest BCUT2D eigenvalue weighted by molar-refractivity contribution is 7.90. The molecular weight excluding hydrogens is 298 g/mol. The van der Waals surface area contributed by atoms with Crippen LogP contribution < -0.4 is 5.73 Å². The highest BCUT2D eigenvalue weighted by Gasteiger charge is 2.34. The van der Waals surface area contributed by atoms with Crippen LogP contribution in [0.25, 0.3) is 0 Å². The molecule has 2 aliphatic rings. The second kappa shape index (κ2) is 4.80. The third-order valence-corrected chi connectivity index (χ3v) is 4.88. The van der Waals surface area contributed by atoms with E-state index in [1.807, 2.05) is 4.90 Å². The Labute approximate surface area is 122 Å². The summed E-state index contributed by atoms with van der Waals surface area (Å²) in [6.45, 7) is 1.41. The van der Waals surface area contributed by atoms with Gasteiger partial charge in [-0.25, -0.2) is 0 Å². The molecule has 2 heterocycles. The fraction of sp³-hybridized carbons (Fsp3) is 0.333. The quantitative estimate of drug-likeness (QED) is 0.742. The van der Waals surface area contributed by atoms with E-state index in [0.717, 1.165) is 0 Å². The Hall–Kier alpha value is -1.51. The summed E-state index contributed by atoms with van der Waals surface area (Å²) in [6, 6.07) is 6.79. The van der Waals surface area contributed by atoms with Crippen molar-refractivity contribution in [1.29, 1.82) is 0 Å². The molecule has 0 aliphatic carbocycles. The van der Waals surface area contributed by atoms with E-state index < -0.39 is 10.0 Å². The van der Waals surface area contributed by atoms with E-state index in [4.69, 9.17) is 22.7 Å². The van der Waals surface area contributed by atoms with E-state index in [2.05, 4.69) is 4.40 Å². The van der Waals surface area contributed by atoms with Crippen LogP contribution in [0, 0.1) is 0 Å². The lowest BCUT2D eigenvalue weighted by Crippen LogP contribution is -2.49. The Bertz CT molecular complexity index is 700. The van der Waals surface area contributed by atoms with Crippen molar-refractivity contribution in [1.82, 2.24) is 4.90 Å². The first-order chi connectivity index (χ1) is 9.49. The number of hydrogen-bond acceptors (Lipinski definition) is 5. The van der Waals surface area contributed by atoms with Gasteiger partial charge in [-0.1, -0.05) is 24.4 Å². The summed E-state index contributed by atoms with van der Waals surface area (Å²) in [5.41, 5.74) is 6.22. The van der Waals surface area contributed by atoms with E-state index in [1.165, 1.54) is 0 Å². The number of thiocarbonyl (C=S) groups is 1. The van der Waals surface area contributed by atoms with Gasteiger partial charge in [-0.15, -0.1) is 4.40 Å². The van der Waals surface area contributed by atoms with Gasteiger partial charge in [0.25, 0.3) is 10.0 Å². The minimum Gasteiger partial charge on any atom is -0.391 e. The molecular formula is C12H13N3O3S2. The summed E-state index contributed by atoms with van der Waals surface area (Å²) >= 11 is 4.93. The average molecular weight is 311 g/mol. The summed E-state index contributed by atoms with van der Waals surface area (Å²) < 4.78 is 33.4. The van der Waals surface area contributed by atoms with Crippen molar-refractivity contribution in [3.05, 3.63) is 29.8 Å². The standard InChI is InChI=1S/C12H13N3O3S2/c13-11(19)9-7-15(5-6-18-9)12-8-3-1-2-4-10(8)20(16,17)14-12/h1-4,9H,5-7H2,(H2,13,19).